The summed E-state index contributed by atoms with van der Waals surface area (Å²) in [5.41, 5.74) is 5.37. The van der Waals surface area contributed by atoms with Crippen LogP contribution in [0.15, 0.2) is 0 Å². The van der Waals surface area contributed by atoms with Crippen molar-refractivity contribution in [2.45, 2.75) is 54.9 Å². The molecule has 0 atom stereocenters. The van der Waals surface area contributed by atoms with Crippen molar-refractivity contribution < 1.29 is 4.39 Å². The average Bonchev–Trinajstić information content (AvgIpc) is 2.17. The summed E-state index contributed by atoms with van der Waals surface area (Å²) >= 11 is 0. The summed E-state index contributed by atoms with van der Waals surface area (Å²) in [4.78, 5) is 0. The zero-order chi connectivity index (χ0) is 12.7. The third-order valence-corrected chi connectivity index (χ3v) is 3.40. The van der Waals surface area contributed by atoms with Crippen molar-refractivity contribution in [2.24, 2.45) is 5.41 Å². The van der Waals surface area contributed by atoms with E-state index in [9.17, 15) is 4.39 Å². The lowest BCUT2D eigenvalue weighted by Crippen LogP contribution is -2.14. The van der Waals surface area contributed by atoms with Crippen molar-refractivity contribution >= 4 is 0 Å². The molecule has 0 saturated heterocycles. The highest BCUT2D eigenvalue weighted by molar-refractivity contribution is 5.45. The lowest BCUT2D eigenvalue weighted by atomic mass is 9.82. The molecule has 1 heteroatoms. The highest BCUT2D eigenvalue weighted by Crippen LogP contribution is 2.30. The van der Waals surface area contributed by atoms with Gasteiger partial charge in [-0.05, 0) is 67.3 Å². The van der Waals surface area contributed by atoms with Gasteiger partial charge in [-0.25, -0.2) is 4.39 Å². The van der Waals surface area contributed by atoms with Crippen molar-refractivity contribution in [1.82, 2.24) is 0 Å². The molecule has 90 valence electrons. The van der Waals surface area contributed by atoms with E-state index in [1.165, 1.54) is 11.1 Å². The van der Waals surface area contributed by atoms with E-state index in [2.05, 4.69) is 27.7 Å². The Morgan fingerprint density at radius 2 is 1.31 bits per heavy atom. The summed E-state index contributed by atoms with van der Waals surface area (Å²) in [5.74, 6) is -0.0256. The smallest absolute Gasteiger partial charge is 0.129 e. The van der Waals surface area contributed by atoms with Crippen LogP contribution in [0.3, 0.4) is 0 Å². The minimum absolute atomic E-state index is 0.0256. The fourth-order valence-electron chi connectivity index (χ4n) is 2.16. The van der Waals surface area contributed by atoms with E-state index in [4.69, 9.17) is 0 Å². The van der Waals surface area contributed by atoms with Gasteiger partial charge in [-0.3, -0.25) is 0 Å². The lowest BCUT2D eigenvalue weighted by molar-refractivity contribution is 0.408. The molecule has 0 aromatic heterocycles. The van der Waals surface area contributed by atoms with Crippen LogP contribution in [0.2, 0.25) is 0 Å². The van der Waals surface area contributed by atoms with Gasteiger partial charge in [0.05, 0.1) is 0 Å². The van der Waals surface area contributed by atoms with E-state index in [1.54, 1.807) is 0 Å². The van der Waals surface area contributed by atoms with Crippen LogP contribution in [-0.2, 0) is 6.42 Å². The van der Waals surface area contributed by atoms with E-state index >= 15 is 0 Å². The Kier molecular flexibility index (Phi) is 3.47. The first-order chi connectivity index (χ1) is 7.15. The first-order valence-electron chi connectivity index (χ1n) is 5.90. The van der Waals surface area contributed by atoms with E-state index in [-0.39, 0.29) is 11.2 Å². The Bertz CT molecular complexity index is 379. The molecule has 0 aliphatic heterocycles. The molecule has 1 rings (SSSR count). The van der Waals surface area contributed by atoms with Crippen molar-refractivity contribution in [3.8, 4) is 0 Å². The third-order valence-electron chi connectivity index (χ3n) is 3.40. The van der Waals surface area contributed by atoms with Gasteiger partial charge in [0.1, 0.15) is 5.82 Å². The lowest BCUT2D eigenvalue weighted by Gasteiger charge is -2.23. The minimum atomic E-state index is -0.0256. The molecule has 0 amide bonds. The molecule has 0 radical (unpaired) electrons. The monoisotopic (exact) mass is 222 g/mol. The molecule has 0 fully saturated rings. The fourth-order valence-corrected chi connectivity index (χ4v) is 2.16. The maximum absolute atomic E-state index is 14.0. The molecule has 16 heavy (non-hydrogen) atoms. The van der Waals surface area contributed by atoms with Crippen LogP contribution in [0.4, 0.5) is 4.39 Å². The largest absolute Gasteiger partial charge is 0.206 e. The summed E-state index contributed by atoms with van der Waals surface area (Å²) in [7, 11) is 0. The van der Waals surface area contributed by atoms with Gasteiger partial charge >= 0.3 is 0 Å². The number of benzene rings is 1. The molecule has 0 spiro atoms. The van der Waals surface area contributed by atoms with Gasteiger partial charge in [-0.15, -0.1) is 0 Å². The third kappa shape index (κ3) is 2.45. The number of halogens is 1. The maximum Gasteiger partial charge on any atom is 0.129 e. The molecule has 1 aromatic carbocycles. The molecule has 0 unspecified atom stereocenters. The second kappa shape index (κ2) is 4.20. The average molecular weight is 222 g/mol. The standard InChI is InChI=1S/C15H23F/c1-9-10(2)13(8-15(5,6)7)12(4)14(16)11(9)3/h8H2,1-7H3. The number of hydrogen-bond acceptors (Lipinski definition) is 0. The number of hydrogen-bond donors (Lipinski definition) is 0. The Hall–Kier alpha value is -0.850. The Morgan fingerprint density at radius 1 is 0.812 bits per heavy atom. The van der Waals surface area contributed by atoms with Gasteiger partial charge in [0.2, 0.25) is 0 Å². The molecule has 0 bridgehead atoms. The second-order valence-corrected chi connectivity index (χ2v) is 6.03. The summed E-state index contributed by atoms with van der Waals surface area (Å²) in [6, 6.07) is 0. The molecular formula is C15H23F. The van der Waals surface area contributed by atoms with E-state index in [0.29, 0.717) is 0 Å². The number of rotatable bonds is 1. The van der Waals surface area contributed by atoms with Gasteiger partial charge in [0.25, 0.3) is 0 Å². The molecule has 0 nitrogen and oxygen atoms in total. The predicted molar refractivity (Wildman–Crippen MR) is 68.5 cm³/mol. The normalized spacial score (nSPS) is 12.0. The zero-order valence-electron chi connectivity index (χ0n) is 11.6. The molecular weight excluding hydrogens is 199 g/mol. The van der Waals surface area contributed by atoms with Crippen molar-refractivity contribution in [2.75, 3.05) is 0 Å². The van der Waals surface area contributed by atoms with E-state index < -0.39 is 0 Å². The van der Waals surface area contributed by atoms with Gasteiger partial charge in [0.15, 0.2) is 0 Å². The van der Waals surface area contributed by atoms with Gasteiger partial charge in [0, 0.05) is 0 Å². The molecule has 0 N–H and O–H groups in total. The Morgan fingerprint density at radius 3 is 1.75 bits per heavy atom. The quantitative estimate of drug-likeness (QED) is 0.649. The first-order valence-corrected chi connectivity index (χ1v) is 5.90. The highest BCUT2D eigenvalue weighted by atomic mass is 19.1. The predicted octanol–water partition coefficient (Wildman–Crippen LogP) is 4.65. The zero-order valence-corrected chi connectivity index (χ0v) is 11.6. The van der Waals surface area contributed by atoms with Crippen molar-refractivity contribution in [3.05, 3.63) is 33.6 Å². The Balaban J connectivity index is 3.40. The van der Waals surface area contributed by atoms with Crippen molar-refractivity contribution in [3.63, 3.8) is 0 Å². The Labute approximate surface area is 98.9 Å². The summed E-state index contributed by atoms with van der Waals surface area (Å²) in [6.45, 7) is 14.5. The molecule has 1 aromatic rings. The molecule has 0 aliphatic carbocycles. The summed E-state index contributed by atoms with van der Waals surface area (Å²) < 4.78 is 14.0. The van der Waals surface area contributed by atoms with Crippen molar-refractivity contribution in [1.29, 1.82) is 0 Å². The van der Waals surface area contributed by atoms with Crippen LogP contribution in [0.1, 0.15) is 48.6 Å². The second-order valence-electron chi connectivity index (χ2n) is 6.03. The highest BCUT2D eigenvalue weighted by Gasteiger charge is 2.19. The maximum atomic E-state index is 14.0. The molecule has 0 saturated carbocycles. The van der Waals surface area contributed by atoms with E-state index in [1.807, 2.05) is 20.8 Å². The van der Waals surface area contributed by atoms with Gasteiger partial charge in [-0.2, -0.15) is 0 Å². The molecule has 0 heterocycles. The first kappa shape index (κ1) is 13.2. The minimum Gasteiger partial charge on any atom is -0.206 e. The van der Waals surface area contributed by atoms with Crippen LogP contribution in [0, 0.1) is 38.9 Å². The SMILES string of the molecule is Cc1c(C)c(F)c(C)c(CC(C)(C)C)c1C. The topological polar surface area (TPSA) is 0 Å². The van der Waals surface area contributed by atoms with Crippen LogP contribution >= 0.6 is 0 Å². The fraction of sp³-hybridized carbons (Fsp3) is 0.600. The summed E-state index contributed by atoms with van der Waals surface area (Å²) in [6.07, 6.45) is 0.933. The summed E-state index contributed by atoms with van der Waals surface area (Å²) in [5, 5.41) is 0. The van der Waals surface area contributed by atoms with Crippen LogP contribution < -0.4 is 0 Å². The van der Waals surface area contributed by atoms with Crippen LogP contribution in [0.25, 0.3) is 0 Å². The molecule has 0 aliphatic rings. The van der Waals surface area contributed by atoms with Gasteiger partial charge < -0.3 is 0 Å². The van der Waals surface area contributed by atoms with Crippen LogP contribution in [-0.4, -0.2) is 0 Å². The van der Waals surface area contributed by atoms with Crippen LogP contribution in [0.5, 0.6) is 0 Å². The van der Waals surface area contributed by atoms with E-state index in [0.717, 1.165) is 23.1 Å². The van der Waals surface area contributed by atoms with Gasteiger partial charge in [-0.1, -0.05) is 20.8 Å².